The molecule has 0 aliphatic heterocycles. The lowest BCUT2D eigenvalue weighted by Crippen LogP contribution is -2.30. The van der Waals surface area contributed by atoms with E-state index in [0.717, 1.165) is 4.34 Å². The molecule has 0 aliphatic carbocycles. The van der Waals surface area contributed by atoms with Crippen LogP contribution in [0.25, 0.3) is 0 Å². The van der Waals surface area contributed by atoms with Crippen LogP contribution in [0.1, 0.15) is 20.3 Å². The lowest BCUT2D eigenvalue weighted by molar-refractivity contribution is -0.121. The number of nitrogens with two attached hydrogens (primary N) is 1. The molecular formula is C8H14N4OS2. The molecule has 1 heterocycles. The zero-order valence-electron chi connectivity index (χ0n) is 8.69. The molecule has 1 aromatic rings. The molecule has 0 bridgehead atoms. The van der Waals surface area contributed by atoms with Gasteiger partial charge in [-0.1, -0.05) is 23.1 Å². The van der Waals surface area contributed by atoms with Crippen molar-refractivity contribution >= 4 is 34.1 Å². The van der Waals surface area contributed by atoms with Gasteiger partial charge in [0, 0.05) is 18.2 Å². The van der Waals surface area contributed by atoms with E-state index in [0.29, 0.717) is 17.3 Å². The molecule has 0 radical (unpaired) electrons. The highest BCUT2D eigenvalue weighted by Gasteiger charge is 2.05. The number of anilines is 1. The van der Waals surface area contributed by atoms with Crippen LogP contribution in [0.4, 0.5) is 5.13 Å². The summed E-state index contributed by atoms with van der Waals surface area (Å²) >= 11 is 2.84. The molecule has 84 valence electrons. The largest absolute Gasteiger partial charge is 0.374 e. The normalized spacial score (nSPS) is 10.6. The van der Waals surface area contributed by atoms with Gasteiger partial charge in [-0.15, -0.1) is 10.2 Å². The number of nitrogens with zero attached hydrogens (tertiary/aromatic N) is 2. The number of amides is 1. The molecule has 0 atom stereocenters. The number of carbonyl (C=O) groups excluding carboxylic acids is 1. The lowest BCUT2D eigenvalue weighted by Gasteiger charge is -2.06. The standard InChI is InChI=1S/C8H14N4OS2/c1-5(2)10-6(13)3-4-14-8-12-11-7(9)15-8/h5H,3-4H2,1-2H3,(H2,9,11)(H,10,13). The average Bonchev–Trinajstić information content (AvgIpc) is 2.50. The Hall–Kier alpha value is -0.820. The first-order chi connectivity index (χ1) is 7.08. The summed E-state index contributed by atoms with van der Waals surface area (Å²) in [6, 6.07) is 0.194. The van der Waals surface area contributed by atoms with Crippen LogP contribution < -0.4 is 11.1 Å². The first-order valence-corrected chi connectivity index (χ1v) is 6.39. The van der Waals surface area contributed by atoms with E-state index in [9.17, 15) is 4.79 Å². The Kier molecular flexibility index (Phi) is 4.83. The van der Waals surface area contributed by atoms with Crippen LogP contribution in [0.3, 0.4) is 0 Å². The fourth-order valence-corrected chi connectivity index (χ4v) is 2.55. The summed E-state index contributed by atoms with van der Waals surface area (Å²) in [5.74, 6) is 0.766. The molecule has 5 nitrogen and oxygen atoms in total. The van der Waals surface area contributed by atoms with E-state index < -0.39 is 0 Å². The van der Waals surface area contributed by atoms with Crippen molar-refractivity contribution in [3.63, 3.8) is 0 Å². The first kappa shape index (κ1) is 12.3. The summed E-state index contributed by atoms with van der Waals surface area (Å²) < 4.78 is 0.810. The second kappa shape index (κ2) is 5.92. The van der Waals surface area contributed by atoms with Crippen LogP contribution in [0.2, 0.25) is 0 Å². The molecule has 1 amide bonds. The second-order valence-electron chi connectivity index (χ2n) is 3.23. The van der Waals surface area contributed by atoms with E-state index >= 15 is 0 Å². The number of nitrogens with one attached hydrogen (secondary N) is 1. The molecule has 0 aliphatic rings. The van der Waals surface area contributed by atoms with Gasteiger partial charge >= 0.3 is 0 Å². The van der Waals surface area contributed by atoms with Gasteiger partial charge in [0.25, 0.3) is 0 Å². The smallest absolute Gasteiger partial charge is 0.221 e. The second-order valence-corrected chi connectivity index (χ2v) is 5.58. The zero-order valence-corrected chi connectivity index (χ0v) is 10.3. The zero-order chi connectivity index (χ0) is 11.3. The van der Waals surface area contributed by atoms with E-state index in [4.69, 9.17) is 5.73 Å². The molecule has 15 heavy (non-hydrogen) atoms. The van der Waals surface area contributed by atoms with Crippen LogP contribution in [0, 0.1) is 0 Å². The van der Waals surface area contributed by atoms with Crippen LogP contribution in [-0.4, -0.2) is 27.9 Å². The van der Waals surface area contributed by atoms with Gasteiger partial charge in [-0.25, -0.2) is 0 Å². The summed E-state index contributed by atoms with van der Waals surface area (Å²) in [5.41, 5.74) is 5.43. The minimum absolute atomic E-state index is 0.0648. The van der Waals surface area contributed by atoms with Gasteiger partial charge in [0.05, 0.1) is 0 Å². The molecule has 3 N–H and O–H groups in total. The number of nitrogen functional groups attached to an aromatic ring is 1. The van der Waals surface area contributed by atoms with Crippen molar-refractivity contribution in [3.05, 3.63) is 0 Å². The van der Waals surface area contributed by atoms with Crippen LogP contribution in [-0.2, 0) is 4.79 Å². The van der Waals surface area contributed by atoms with Crippen molar-refractivity contribution in [2.24, 2.45) is 0 Å². The Labute approximate surface area is 96.8 Å². The van der Waals surface area contributed by atoms with Crippen LogP contribution >= 0.6 is 23.1 Å². The van der Waals surface area contributed by atoms with E-state index in [1.807, 2.05) is 13.8 Å². The molecule has 0 saturated carbocycles. The highest BCUT2D eigenvalue weighted by atomic mass is 32.2. The van der Waals surface area contributed by atoms with Gasteiger partial charge in [-0.2, -0.15) is 0 Å². The van der Waals surface area contributed by atoms with Crippen LogP contribution in [0.5, 0.6) is 0 Å². The number of hydrogen-bond donors (Lipinski definition) is 2. The maximum absolute atomic E-state index is 11.3. The lowest BCUT2D eigenvalue weighted by atomic mass is 10.3. The number of thioether (sulfide) groups is 1. The molecule has 0 unspecified atom stereocenters. The Morgan fingerprint density at radius 2 is 2.33 bits per heavy atom. The molecular weight excluding hydrogens is 232 g/mol. The van der Waals surface area contributed by atoms with E-state index in [1.54, 1.807) is 0 Å². The third kappa shape index (κ3) is 4.98. The van der Waals surface area contributed by atoms with Gasteiger partial charge in [-0.3, -0.25) is 4.79 Å². The maximum Gasteiger partial charge on any atom is 0.221 e. The van der Waals surface area contributed by atoms with Crippen molar-refractivity contribution in [2.75, 3.05) is 11.5 Å². The Morgan fingerprint density at radius 1 is 1.60 bits per heavy atom. The summed E-state index contributed by atoms with van der Waals surface area (Å²) in [5, 5.41) is 10.8. The van der Waals surface area contributed by atoms with Gasteiger partial charge in [0.15, 0.2) is 4.34 Å². The SMILES string of the molecule is CC(C)NC(=O)CCSc1nnc(N)s1. The summed E-state index contributed by atoms with van der Waals surface area (Å²) in [4.78, 5) is 11.3. The molecule has 0 saturated heterocycles. The Morgan fingerprint density at radius 3 is 2.87 bits per heavy atom. The number of rotatable bonds is 5. The highest BCUT2D eigenvalue weighted by molar-refractivity contribution is 8.01. The number of aromatic nitrogens is 2. The molecule has 0 fully saturated rings. The molecule has 1 rings (SSSR count). The fraction of sp³-hybridized carbons (Fsp3) is 0.625. The third-order valence-electron chi connectivity index (χ3n) is 1.43. The molecule has 0 spiro atoms. The van der Waals surface area contributed by atoms with Crippen molar-refractivity contribution in [2.45, 2.75) is 30.6 Å². The number of hydrogen-bond acceptors (Lipinski definition) is 6. The average molecular weight is 246 g/mol. The third-order valence-corrected chi connectivity index (χ3v) is 3.31. The molecule has 1 aromatic heterocycles. The molecule has 0 aromatic carbocycles. The van der Waals surface area contributed by atoms with Crippen molar-refractivity contribution < 1.29 is 4.79 Å². The summed E-state index contributed by atoms with van der Waals surface area (Å²) in [7, 11) is 0. The van der Waals surface area contributed by atoms with Crippen LogP contribution in [0.15, 0.2) is 4.34 Å². The maximum atomic E-state index is 11.3. The quantitative estimate of drug-likeness (QED) is 0.761. The van der Waals surface area contributed by atoms with Crippen molar-refractivity contribution in [1.82, 2.24) is 15.5 Å². The van der Waals surface area contributed by atoms with Gasteiger partial charge < -0.3 is 11.1 Å². The minimum Gasteiger partial charge on any atom is -0.374 e. The number of carbonyl (C=O) groups is 1. The first-order valence-electron chi connectivity index (χ1n) is 4.59. The minimum atomic E-state index is 0.0648. The van der Waals surface area contributed by atoms with E-state index in [-0.39, 0.29) is 11.9 Å². The fourth-order valence-electron chi connectivity index (χ4n) is 0.904. The summed E-state index contributed by atoms with van der Waals surface area (Å²) in [6.45, 7) is 3.88. The monoisotopic (exact) mass is 246 g/mol. The van der Waals surface area contributed by atoms with Crippen molar-refractivity contribution in [3.8, 4) is 0 Å². The Bertz CT molecular complexity index is 326. The van der Waals surface area contributed by atoms with Gasteiger partial charge in [-0.05, 0) is 13.8 Å². The van der Waals surface area contributed by atoms with Crippen molar-refractivity contribution in [1.29, 1.82) is 0 Å². The van der Waals surface area contributed by atoms with Gasteiger partial charge in [0.1, 0.15) is 0 Å². The van der Waals surface area contributed by atoms with E-state index in [1.165, 1.54) is 23.1 Å². The van der Waals surface area contributed by atoms with E-state index in [2.05, 4.69) is 15.5 Å². The highest BCUT2D eigenvalue weighted by Crippen LogP contribution is 2.23. The summed E-state index contributed by atoms with van der Waals surface area (Å²) in [6.07, 6.45) is 0.488. The Balaban J connectivity index is 2.19. The predicted molar refractivity (Wildman–Crippen MR) is 62.9 cm³/mol. The molecule has 7 heteroatoms. The predicted octanol–water partition coefficient (Wildman–Crippen LogP) is 1.13. The topological polar surface area (TPSA) is 80.9 Å². The van der Waals surface area contributed by atoms with Gasteiger partial charge in [0.2, 0.25) is 11.0 Å².